The van der Waals surface area contributed by atoms with Crippen LogP contribution in [0, 0.1) is 0 Å². The van der Waals surface area contributed by atoms with E-state index in [0.29, 0.717) is 0 Å². The molecular weight excluding hydrogens is 316 g/mol. The van der Waals surface area contributed by atoms with Crippen molar-refractivity contribution in [3.05, 3.63) is 35.2 Å². The average molecular weight is 337 g/mol. The molecule has 2 heterocycles. The molecule has 0 radical (unpaired) electrons. The first-order valence-corrected chi connectivity index (χ1v) is 8.40. The van der Waals surface area contributed by atoms with Gasteiger partial charge in [-0.25, -0.2) is 4.79 Å². The molecule has 2 aromatic rings. The first kappa shape index (κ1) is 17.2. The number of piperazine rings is 1. The van der Waals surface area contributed by atoms with Crippen molar-refractivity contribution in [3.63, 3.8) is 0 Å². The van der Waals surface area contributed by atoms with Crippen LogP contribution in [0.2, 0.25) is 0 Å². The summed E-state index contributed by atoms with van der Waals surface area (Å²) in [6.45, 7) is 5.44. The summed E-state index contributed by atoms with van der Waals surface area (Å²) < 4.78 is 1.24. The Balaban J connectivity index is 0.00000176. The van der Waals surface area contributed by atoms with Gasteiger partial charge in [0.15, 0.2) is 0 Å². The normalized spacial score (nSPS) is 15.3. The largest absolute Gasteiger partial charge is 0.314 e. The molecule has 0 saturated carbocycles. The minimum absolute atomic E-state index is 0. The fourth-order valence-electron chi connectivity index (χ4n) is 2.87. The molecule has 1 aromatic heterocycles. The maximum atomic E-state index is 11.3. The van der Waals surface area contributed by atoms with Crippen LogP contribution in [0.25, 0.3) is 15.7 Å². The van der Waals surface area contributed by atoms with E-state index in [1.165, 1.54) is 10.1 Å². The van der Waals surface area contributed by atoms with Gasteiger partial charge in [0.1, 0.15) is 5.94 Å². The van der Waals surface area contributed by atoms with Gasteiger partial charge in [-0.05, 0) is 25.5 Å². The monoisotopic (exact) mass is 336 g/mol. The molecule has 118 valence electrons. The Bertz CT molecular complexity index is 657. The molecule has 0 aliphatic carbocycles. The molecule has 0 bridgehead atoms. The molecule has 1 aromatic carbocycles. The molecule has 5 heteroatoms. The molecule has 0 amide bonds. The number of hydrogen-bond acceptors (Lipinski definition) is 4. The van der Waals surface area contributed by atoms with Gasteiger partial charge in [-0.15, -0.1) is 23.7 Å². The summed E-state index contributed by atoms with van der Waals surface area (Å²) >= 11 is 1.70. The predicted octanol–water partition coefficient (Wildman–Crippen LogP) is 3.22. The van der Waals surface area contributed by atoms with Gasteiger partial charge in [0.25, 0.3) is 0 Å². The topological polar surface area (TPSA) is 32.3 Å². The fourth-order valence-corrected chi connectivity index (χ4v) is 3.84. The number of nitrogens with one attached hydrogen (secondary N) is 1. The van der Waals surface area contributed by atoms with E-state index in [-0.39, 0.29) is 12.4 Å². The van der Waals surface area contributed by atoms with Crippen LogP contribution in [0.3, 0.4) is 0 Å². The molecule has 0 unspecified atom stereocenters. The zero-order valence-electron chi connectivity index (χ0n) is 12.5. The standard InChI is InChI=1S/C17H20N2OS.ClH/c20-12-14(4-3-9-19-10-7-18-8-11-19)16-13-21-17-6-2-1-5-15(16)17;/h1-2,5-6,13,18H,3-4,7-11H2;1H. The lowest BCUT2D eigenvalue weighted by atomic mass is 10.0. The van der Waals surface area contributed by atoms with Crippen LogP contribution in [0.5, 0.6) is 0 Å². The van der Waals surface area contributed by atoms with Gasteiger partial charge in [-0.2, -0.15) is 0 Å². The lowest BCUT2D eigenvalue weighted by Crippen LogP contribution is -2.43. The highest BCUT2D eigenvalue weighted by Gasteiger charge is 2.12. The number of halogens is 1. The van der Waals surface area contributed by atoms with Gasteiger partial charge in [-0.3, -0.25) is 0 Å². The molecule has 1 N–H and O–H groups in total. The number of hydrogen-bond donors (Lipinski definition) is 1. The van der Waals surface area contributed by atoms with Gasteiger partial charge in [0, 0.05) is 52.8 Å². The number of fused-ring (bicyclic) bond motifs is 1. The number of thiophene rings is 1. The predicted molar refractivity (Wildman–Crippen MR) is 96.7 cm³/mol. The lowest BCUT2D eigenvalue weighted by Gasteiger charge is -2.27. The summed E-state index contributed by atoms with van der Waals surface area (Å²) in [5.41, 5.74) is 1.90. The average Bonchev–Trinajstić information content (AvgIpc) is 2.97. The summed E-state index contributed by atoms with van der Waals surface area (Å²) in [6, 6.07) is 8.26. The van der Waals surface area contributed by atoms with Crippen LogP contribution < -0.4 is 5.32 Å². The van der Waals surface area contributed by atoms with Crippen LogP contribution in [-0.2, 0) is 4.79 Å². The molecule has 3 nitrogen and oxygen atoms in total. The first-order chi connectivity index (χ1) is 10.4. The van der Waals surface area contributed by atoms with E-state index in [2.05, 4.69) is 33.7 Å². The number of rotatable bonds is 5. The molecule has 1 fully saturated rings. The van der Waals surface area contributed by atoms with Gasteiger partial charge >= 0.3 is 0 Å². The Labute approximate surface area is 141 Å². The maximum Gasteiger partial charge on any atom is 0.128 e. The van der Waals surface area contributed by atoms with E-state index in [4.69, 9.17) is 0 Å². The van der Waals surface area contributed by atoms with Crippen molar-refractivity contribution >= 4 is 45.3 Å². The second-order valence-corrected chi connectivity index (χ2v) is 6.33. The third kappa shape index (κ3) is 3.97. The molecule has 3 rings (SSSR count). The molecule has 0 atom stereocenters. The minimum atomic E-state index is 0. The number of carbonyl (C=O) groups excluding carboxylic acids is 1. The van der Waals surface area contributed by atoms with E-state index in [0.717, 1.165) is 56.7 Å². The molecular formula is C17H21ClN2OS. The zero-order valence-corrected chi connectivity index (χ0v) is 14.1. The highest BCUT2D eigenvalue weighted by atomic mass is 35.5. The lowest BCUT2D eigenvalue weighted by molar-refractivity contribution is 0.239. The quantitative estimate of drug-likeness (QED) is 0.851. The van der Waals surface area contributed by atoms with Gasteiger partial charge in [0.2, 0.25) is 0 Å². The highest BCUT2D eigenvalue weighted by Crippen LogP contribution is 2.31. The van der Waals surface area contributed by atoms with E-state index < -0.39 is 0 Å². The summed E-state index contributed by atoms with van der Waals surface area (Å²) in [7, 11) is 0. The van der Waals surface area contributed by atoms with Gasteiger partial charge in [0.05, 0.1) is 0 Å². The van der Waals surface area contributed by atoms with Gasteiger partial charge in [-0.1, -0.05) is 18.2 Å². The van der Waals surface area contributed by atoms with Crippen molar-refractivity contribution < 1.29 is 4.79 Å². The molecule has 0 spiro atoms. The van der Waals surface area contributed by atoms with E-state index in [1.807, 2.05) is 12.1 Å². The molecule has 22 heavy (non-hydrogen) atoms. The van der Waals surface area contributed by atoms with Crippen molar-refractivity contribution in [2.45, 2.75) is 12.8 Å². The van der Waals surface area contributed by atoms with E-state index in [9.17, 15) is 4.79 Å². The minimum Gasteiger partial charge on any atom is -0.314 e. The maximum absolute atomic E-state index is 11.3. The second-order valence-electron chi connectivity index (χ2n) is 5.42. The van der Waals surface area contributed by atoms with Crippen LogP contribution in [-0.4, -0.2) is 43.6 Å². The zero-order chi connectivity index (χ0) is 14.5. The molecule has 1 aliphatic heterocycles. The summed E-state index contributed by atoms with van der Waals surface area (Å²) in [5.74, 6) is 2.18. The molecule has 1 saturated heterocycles. The third-order valence-corrected chi connectivity index (χ3v) is 5.00. The fraction of sp³-hybridized carbons (Fsp3) is 0.412. The second kappa shape index (κ2) is 8.47. The highest BCUT2D eigenvalue weighted by molar-refractivity contribution is 7.17. The Morgan fingerprint density at radius 2 is 2.05 bits per heavy atom. The van der Waals surface area contributed by atoms with Crippen LogP contribution in [0.15, 0.2) is 29.6 Å². The number of nitrogens with zero attached hydrogens (tertiary/aromatic N) is 1. The van der Waals surface area contributed by atoms with E-state index >= 15 is 0 Å². The Hall–Kier alpha value is -1.16. The van der Waals surface area contributed by atoms with Crippen molar-refractivity contribution in [1.29, 1.82) is 0 Å². The van der Waals surface area contributed by atoms with Crippen LogP contribution >= 0.6 is 23.7 Å². The first-order valence-electron chi connectivity index (χ1n) is 7.52. The SMILES string of the molecule is Cl.O=C=C(CCCN1CCNCC1)c1csc2ccccc12. The smallest absolute Gasteiger partial charge is 0.128 e. The summed E-state index contributed by atoms with van der Waals surface area (Å²) in [5, 5.41) is 6.64. The van der Waals surface area contributed by atoms with Crippen molar-refractivity contribution in [2.75, 3.05) is 32.7 Å². The number of allylic oxidation sites excluding steroid dienone is 1. The van der Waals surface area contributed by atoms with Gasteiger partial charge < -0.3 is 10.2 Å². The third-order valence-electron chi connectivity index (χ3n) is 4.04. The van der Waals surface area contributed by atoms with Crippen molar-refractivity contribution in [1.82, 2.24) is 10.2 Å². The van der Waals surface area contributed by atoms with Crippen molar-refractivity contribution in [3.8, 4) is 0 Å². The van der Waals surface area contributed by atoms with Crippen LogP contribution in [0.4, 0.5) is 0 Å². The Kier molecular flexibility index (Phi) is 6.62. The number of benzene rings is 1. The van der Waals surface area contributed by atoms with Crippen molar-refractivity contribution in [2.24, 2.45) is 0 Å². The summed E-state index contributed by atoms with van der Waals surface area (Å²) in [4.78, 5) is 13.8. The Morgan fingerprint density at radius 3 is 2.82 bits per heavy atom. The Morgan fingerprint density at radius 1 is 1.27 bits per heavy atom. The summed E-state index contributed by atoms with van der Waals surface area (Å²) in [6.07, 6.45) is 1.84. The molecule has 1 aliphatic rings. The van der Waals surface area contributed by atoms with E-state index in [1.54, 1.807) is 11.3 Å². The van der Waals surface area contributed by atoms with Crippen LogP contribution in [0.1, 0.15) is 18.4 Å².